The van der Waals surface area contributed by atoms with Crippen LogP contribution in [0.5, 0.6) is 0 Å². The molecular formula is C14H16F3N3OS. The third kappa shape index (κ3) is 4.23. The van der Waals surface area contributed by atoms with Crippen LogP contribution in [-0.4, -0.2) is 28.5 Å². The fourth-order valence-corrected chi connectivity index (χ4v) is 2.83. The van der Waals surface area contributed by atoms with Crippen molar-refractivity contribution >= 4 is 11.8 Å². The van der Waals surface area contributed by atoms with E-state index in [0.717, 1.165) is 17.7 Å². The Balaban J connectivity index is 2.06. The molecule has 4 nitrogen and oxygen atoms in total. The van der Waals surface area contributed by atoms with Crippen LogP contribution in [0.25, 0.3) is 0 Å². The third-order valence-electron chi connectivity index (χ3n) is 3.11. The lowest BCUT2D eigenvalue weighted by molar-refractivity contribution is -0.137. The highest BCUT2D eigenvalue weighted by Gasteiger charge is 2.30. The molecule has 0 fully saturated rings. The van der Waals surface area contributed by atoms with Gasteiger partial charge in [0.15, 0.2) is 5.16 Å². The average molecular weight is 331 g/mol. The molecule has 0 amide bonds. The van der Waals surface area contributed by atoms with Crippen molar-refractivity contribution in [3.8, 4) is 0 Å². The van der Waals surface area contributed by atoms with Gasteiger partial charge in [0.1, 0.15) is 6.33 Å². The number of benzene rings is 1. The molecule has 0 bridgehead atoms. The van der Waals surface area contributed by atoms with Gasteiger partial charge in [-0.15, -0.1) is 10.2 Å². The van der Waals surface area contributed by atoms with Crippen molar-refractivity contribution in [1.29, 1.82) is 0 Å². The number of ether oxygens (including phenoxy) is 1. The summed E-state index contributed by atoms with van der Waals surface area (Å²) in [6, 6.07) is 5.19. The number of rotatable bonds is 6. The summed E-state index contributed by atoms with van der Waals surface area (Å²) in [5.41, 5.74) is 0.163. The number of halogens is 3. The molecule has 1 atom stereocenters. The highest BCUT2D eigenvalue weighted by Crippen LogP contribution is 2.35. The summed E-state index contributed by atoms with van der Waals surface area (Å²) in [6.45, 7) is 3.09. The number of thioether (sulfide) groups is 1. The molecule has 0 unspecified atom stereocenters. The van der Waals surface area contributed by atoms with E-state index in [1.54, 1.807) is 13.4 Å². The van der Waals surface area contributed by atoms with Gasteiger partial charge in [-0.2, -0.15) is 13.2 Å². The molecule has 2 rings (SSSR count). The van der Waals surface area contributed by atoms with E-state index < -0.39 is 11.7 Å². The maximum absolute atomic E-state index is 12.6. The van der Waals surface area contributed by atoms with Gasteiger partial charge < -0.3 is 9.30 Å². The summed E-state index contributed by atoms with van der Waals surface area (Å²) in [4.78, 5) is 0. The Morgan fingerprint density at radius 2 is 1.95 bits per heavy atom. The molecule has 0 aliphatic heterocycles. The van der Waals surface area contributed by atoms with E-state index in [2.05, 4.69) is 10.2 Å². The largest absolute Gasteiger partial charge is 0.416 e. The van der Waals surface area contributed by atoms with Crippen molar-refractivity contribution in [3.05, 3.63) is 41.7 Å². The molecule has 8 heteroatoms. The van der Waals surface area contributed by atoms with Crippen LogP contribution in [0.3, 0.4) is 0 Å². The topological polar surface area (TPSA) is 39.9 Å². The van der Waals surface area contributed by atoms with Crippen LogP contribution in [-0.2, 0) is 17.5 Å². The van der Waals surface area contributed by atoms with Gasteiger partial charge in [-0.05, 0) is 24.6 Å². The van der Waals surface area contributed by atoms with Crippen LogP contribution in [0.4, 0.5) is 13.2 Å². The SMILES string of the molecule is COCCn1cnnc1S[C@H](C)c1ccc(C(F)(F)F)cc1. The number of methoxy groups -OCH3 is 1. The van der Waals surface area contributed by atoms with Crippen LogP contribution in [0.15, 0.2) is 35.7 Å². The second-order valence-corrected chi connectivity index (χ2v) is 5.99. The molecule has 0 saturated carbocycles. The Bertz CT molecular complexity index is 598. The zero-order valence-electron chi connectivity index (χ0n) is 12.2. The molecule has 0 radical (unpaired) electrons. The minimum atomic E-state index is -4.31. The molecule has 1 aromatic carbocycles. The molecule has 120 valence electrons. The highest BCUT2D eigenvalue weighted by atomic mass is 32.2. The van der Waals surface area contributed by atoms with Gasteiger partial charge in [-0.3, -0.25) is 0 Å². The van der Waals surface area contributed by atoms with E-state index in [-0.39, 0.29) is 5.25 Å². The first-order valence-corrected chi connectivity index (χ1v) is 7.50. The standard InChI is InChI=1S/C14H16F3N3OS/c1-10(11-3-5-12(6-4-11)14(15,16)17)22-13-19-18-9-20(13)7-8-21-2/h3-6,9-10H,7-8H2,1-2H3/t10-/m1/s1. The van der Waals surface area contributed by atoms with Gasteiger partial charge in [0.05, 0.1) is 12.2 Å². The maximum Gasteiger partial charge on any atom is 0.416 e. The van der Waals surface area contributed by atoms with E-state index >= 15 is 0 Å². The molecule has 0 saturated heterocycles. The molecule has 1 heterocycles. The number of hydrogen-bond acceptors (Lipinski definition) is 4. The first kappa shape index (κ1) is 16.8. The fraction of sp³-hybridized carbons (Fsp3) is 0.429. The lowest BCUT2D eigenvalue weighted by Gasteiger charge is -2.13. The normalized spacial score (nSPS) is 13.3. The Morgan fingerprint density at radius 1 is 1.27 bits per heavy atom. The number of alkyl halides is 3. The summed E-state index contributed by atoms with van der Waals surface area (Å²) in [7, 11) is 1.61. The van der Waals surface area contributed by atoms with Gasteiger partial charge in [-0.1, -0.05) is 23.9 Å². The number of nitrogens with zero attached hydrogens (tertiary/aromatic N) is 3. The lowest BCUT2D eigenvalue weighted by Crippen LogP contribution is -2.06. The second-order valence-electron chi connectivity index (χ2n) is 4.68. The molecule has 0 N–H and O–H groups in total. The van der Waals surface area contributed by atoms with E-state index in [0.29, 0.717) is 18.3 Å². The Morgan fingerprint density at radius 3 is 2.55 bits per heavy atom. The molecular weight excluding hydrogens is 315 g/mol. The summed E-state index contributed by atoms with van der Waals surface area (Å²) < 4.78 is 44.5. The van der Waals surface area contributed by atoms with Crippen molar-refractivity contribution in [1.82, 2.24) is 14.8 Å². The first-order valence-electron chi connectivity index (χ1n) is 6.62. The average Bonchev–Trinajstić information content (AvgIpc) is 2.91. The van der Waals surface area contributed by atoms with Crippen molar-refractivity contribution in [2.24, 2.45) is 0 Å². The molecule has 0 aliphatic rings. The van der Waals surface area contributed by atoms with Gasteiger partial charge in [0.2, 0.25) is 0 Å². The maximum atomic E-state index is 12.6. The summed E-state index contributed by atoms with van der Waals surface area (Å²) >= 11 is 1.45. The predicted molar refractivity (Wildman–Crippen MR) is 77.6 cm³/mol. The summed E-state index contributed by atoms with van der Waals surface area (Å²) in [5, 5.41) is 8.57. The van der Waals surface area contributed by atoms with Crippen LogP contribution in [0.2, 0.25) is 0 Å². The minimum absolute atomic E-state index is 0.0345. The summed E-state index contributed by atoms with van der Waals surface area (Å²) in [5.74, 6) is 0. The zero-order chi connectivity index (χ0) is 16.2. The van der Waals surface area contributed by atoms with Crippen molar-refractivity contribution < 1.29 is 17.9 Å². The highest BCUT2D eigenvalue weighted by molar-refractivity contribution is 7.99. The van der Waals surface area contributed by atoms with Gasteiger partial charge in [0.25, 0.3) is 0 Å². The smallest absolute Gasteiger partial charge is 0.383 e. The fourth-order valence-electron chi connectivity index (χ4n) is 1.85. The zero-order valence-corrected chi connectivity index (χ0v) is 13.0. The molecule has 0 spiro atoms. The third-order valence-corrected chi connectivity index (χ3v) is 4.26. The van der Waals surface area contributed by atoms with Crippen LogP contribution in [0.1, 0.15) is 23.3 Å². The van der Waals surface area contributed by atoms with Crippen molar-refractivity contribution in [2.75, 3.05) is 13.7 Å². The number of aromatic nitrogens is 3. The quantitative estimate of drug-likeness (QED) is 0.755. The Kier molecular flexibility index (Phi) is 5.47. The van der Waals surface area contributed by atoms with E-state index in [9.17, 15) is 13.2 Å². The predicted octanol–water partition coefficient (Wildman–Crippen LogP) is 3.80. The van der Waals surface area contributed by atoms with E-state index in [4.69, 9.17) is 4.74 Å². The van der Waals surface area contributed by atoms with E-state index in [1.807, 2.05) is 11.5 Å². The van der Waals surface area contributed by atoms with Crippen LogP contribution in [0, 0.1) is 0 Å². The Hall–Kier alpha value is -1.54. The monoisotopic (exact) mass is 331 g/mol. The van der Waals surface area contributed by atoms with Crippen LogP contribution >= 0.6 is 11.8 Å². The Labute approximate surface area is 130 Å². The summed E-state index contributed by atoms with van der Waals surface area (Å²) in [6.07, 6.45) is -2.70. The molecule has 0 aliphatic carbocycles. The van der Waals surface area contributed by atoms with Crippen molar-refractivity contribution in [3.63, 3.8) is 0 Å². The van der Waals surface area contributed by atoms with Gasteiger partial charge >= 0.3 is 6.18 Å². The van der Waals surface area contributed by atoms with E-state index in [1.165, 1.54) is 23.9 Å². The lowest BCUT2D eigenvalue weighted by atomic mass is 10.1. The van der Waals surface area contributed by atoms with Gasteiger partial charge in [0, 0.05) is 18.9 Å². The van der Waals surface area contributed by atoms with Crippen molar-refractivity contribution in [2.45, 2.75) is 30.1 Å². The molecule has 22 heavy (non-hydrogen) atoms. The number of hydrogen-bond donors (Lipinski definition) is 0. The second kappa shape index (κ2) is 7.15. The minimum Gasteiger partial charge on any atom is -0.383 e. The van der Waals surface area contributed by atoms with Crippen LogP contribution < -0.4 is 0 Å². The molecule has 2 aromatic rings. The van der Waals surface area contributed by atoms with Gasteiger partial charge in [-0.25, -0.2) is 0 Å². The molecule has 1 aromatic heterocycles. The first-order chi connectivity index (χ1) is 10.4.